The predicted molar refractivity (Wildman–Crippen MR) is 73.8 cm³/mol. The zero-order chi connectivity index (χ0) is 14.4. The van der Waals surface area contributed by atoms with E-state index < -0.39 is 18.2 Å². The molecule has 106 valence electrons. The van der Waals surface area contributed by atoms with E-state index in [9.17, 15) is 15.0 Å². The van der Waals surface area contributed by atoms with Crippen molar-refractivity contribution in [3.63, 3.8) is 0 Å². The summed E-state index contributed by atoms with van der Waals surface area (Å²) >= 11 is 4.01. The molecule has 0 radical (unpaired) electrons. The average molecular weight is 286 g/mol. The van der Waals surface area contributed by atoms with Crippen LogP contribution in [0.5, 0.6) is 5.75 Å². The van der Waals surface area contributed by atoms with Gasteiger partial charge in [-0.05, 0) is 30.4 Å². The molecule has 0 aliphatic carbocycles. The summed E-state index contributed by atoms with van der Waals surface area (Å²) in [4.78, 5) is 11.5. The highest BCUT2D eigenvalue weighted by molar-refractivity contribution is 7.80. The molecule has 0 aliphatic rings. The normalized spacial score (nSPS) is 13.7. The van der Waals surface area contributed by atoms with Crippen molar-refractivity contribution in [3.05, 3.63) is 29.3 Å². The Kier molecular flexibility index (Phi) is 6.14. The fraction of sp³-hybridized carbons (Fsp3) is 0.462. The van der Waals surface area contributed by atoms with Gasteiger partial charge in [-0.1, -0.05) is 0 Å². The number of aliphatic hydroxyl groups is 2. The summed E-state index contributed by atoms with van der Waals surface area (Å²) in [6, 6.07) is 4.54. The van der Waals surface area contributed by atoms with Crippen molar-refractivity contribution in [3.8, 4) is 5.75 Å². The number of aliphatic hydroxyl groups excluding tert-OH is 2. The van der Waals surface area contributed by atoms with Crippen molar-refractivity contribution in [2.24, 2.45) is 0 Å². The first kappa shape index (κ1) is 15.8. The van der Waals surface area contributed by atoms with Gasteiger partial charge in [0, 0.05) is 5.56 Å². The molecule has 2 atom stereocenters. The molecule has 0 fully saturated rings. The minimum atomic E-state index is -1.15. The van der Waals surface area contributed by atoms with Crippen LogP contribution in [0.4, 0.5) is 0 Å². The van der Waals surface area contributed by atoms with Gasteiger partial charge in [0.15, 0.2) is 0 Å². The van der Waals surface area contributed by atoms with Gasteiger partial charge < -0.3 is 19.7 Å². The zero-order valence-corrected chi connectivity index (χ0v) is 11.8. The number of hydrogen-bond acceptors (Lipinski definition) is 6. The van der Waals surface area contributed by atoms with Gasteiger partial charge in [0.1, 0.15) is 11.9 Å². The number of ether oxygens (including phenoxy) is 2. The summed E-state index contributed by atoms with van der Waals surface area (Å²) in [5, 5.41) is 19.9. The SMILES string of the molecule is COC(=O)c1ccc(OC)c(C(O)C(O)CCS)c1. The summed E-state index contributed by atoms with van der Waals surface area (Å²) in [6.07, 6.45) is -1.79. The second-order valence-corrected chi connectivity index (χ2v) is 4.42. The Morgan fingerprint density at radius 1 is 1.37 bits per heavy atom. The third-order valence-electron chi connectivity index (χ3n) is 2.76. The second-order valence-electron chi connectivity index (χ2n) is 3.97. The van der Waals surface area contributed by atoms with Gasteiger partial charge in [-0.3, -0.25) is 0 Å². The van der Waals surface area contributed by atoms with Crippen LogP contribution in [-0.4, -0.2) is 42.3 Å². The van der Waals surface area contributed by atoms with Crippen LogP contribution in [0.25, 0.3) is 0 Å². The van der Waals surface area contributed by atoms with Crippen LogP contribution in [0, 0.1) is 0 Å². The molecule has 2 N–H and O–H groups in total. The van der Waals surface area contributed by atoms with Crippen LogP contribution in [0.3, 0.4) is 0 Å². The Balaban J connectivity index is 3.11. The van der Waals surface area contributed by atoms with E-state index in [2.05, 4.69) is 17.4 Å². The van der Waals surface area contributed by atoms with Gasteiger partial charge in [0.25, 0.3) is 0 Å². The van der Waals surface area contributed by atoms with Crippen LogP contribution in [0.15, 0.2) is 18.2 Å². The lowest BCUT2D eigenvalue weighted by molar-refractivity contribution is 0.0158. The molecule has 0 aliphatic heterocycles. The third-order valence-corrected chi connectivity index (χ3v) is 3.02. The highest BCUT2D eigenvalue weighted by Gasteiger charge is 2.22. The molecule has 0 saturated carbocycles. The monoisotopic (exact) mass is 286 g/mol. The van der Waals surface area contributed by atoms with E-state index in [-0.39, 0.29) is 5.56 Å². The molecule has 0 heterocycles. The Morgan fingerprint density at radius 2 is 2.05 bits per heavy atom. The van der Waals surface area contributed by atoms with Gasteiger partial charge in [-0.25, -0.2) is 4.79 Å². The molecular formula is C13H18O5S. The Bertz CT molecular complexity index is 435. The number of methoxy groups -OCH3 is 2. The number of esters is 1. The molecule has 19 heavy (non-hydrogen) atoms. The highest BCUT2D eigenvalue weighted by atomic mass is 32.1. The maximum Gasteiger partial charge on any atom is 0.337 e. The van der Waals surface area contributed by atoms with E-state index in [0.717, 1.165) is 0 Å². The van der Waals surface area contributed by atoms with Crippen molar-refractivity contribution >= 4 is 18.6 Å². The summed E-state index contributed by atoms with van der Waals surface area (Å²) in [6.45, 7) is 0. The molecule has 0 saturated heterocycles. The smallest absolute Gasteiger partial charge is 0.337 e. The molecule has 1 aromatic carbocycles. The minimum absolute atomic E-state index is 0.287. The number of thiol groups is 1. The molecule has 1 aromatic rings. The van der Waals surface area contributed by atoms with Gasteiger partial charge >= 0.3 is 5.97 Å². The summed E-state index contributed by atoms with van der Waals surface area (Å²) < 4.78 is 9.74. The van der Waals surface area contributed by atoms with Crippen LogP contribution in [-0.2, 0) is 4.74 Å². The molecule has 2 unspecified atom stereocenters. The number of carbonyl (C=O) groups is 1. The van der Waals surface area contributed by atoms with Gasteiger partial charge in [-0.15, -0.1) is 0 Å². The van der Waals surface area contributed by atoms with E-state index in [1.807, 2.05) is 0 Å². The van der Waals surface area contributed by atoms with E-state index in [0.29, 0.717) is 23.5 Å². The molecule has 0 spiro atoms. The van der Waals surface area contributed by atoms with Crippen molar-refractivity contribution in [1.82, 2.24) is 0 Å². The van der Waals surface area contributed by atoms with E-state index in [1.54, 1.807) is 6.07 Å². The molecule has 1 rings (SSSR count). The first-order chi connectivity index (χ1) is 9.04. The molecule has 5 nitrogen and oxygen atoms in total. The lowest BCUT2D eigenvalue weighted by Gasteiger charge is -2.20. The fourth-order valence-electron chi connectivity index (χ4n) is 1.71. The van der Waals surface area contributed by atoms with Crippen LogP contribution < -0.4 is 4.74 Å². The van der Waals surface area contributed by atoms with E-state index >= 15 is 0 Å². The van der Waals surface area contributed by atoms with Gasteiger partial charge in [-0.2, -0.15) is 12.6 Å². The van der Waals surface area contributed by atoms with E-state index in [4.69, 9.17) is 4.74 Å². The highest BCUT2D eigenvalue weighted by Crippen LogP contribution is 2.29. The zero-order valence-electron chi connectivity index (χ0n) is 10.9. The maximum atomic E-state index is 11.5. The van der Waals surface area contributed by atoms with Gasteiger partial charge in [0.05, 0.1) is 25.9 Å². The maximum absolute atomic E-state index is 11.5. The fourth-order valence-corrected chi connectivity index (χ4v) is 1.97. The number of rotatable bonds is 6. The number of hydrogen-bond donors (Lipinski definition) is 3. The Labute approximate surface area is 117 Å². The first-order valence-corrected chi connectivity index (χ1v) is 6.41. The number of benzene rings is 1. The molecule has 0 aromatic heterocycles. The second kappa shape index (κ2) is 7.37. The average Bonchev–Trinajstić information content (AvgIpc) is 2.45. The summed E-state index contributed by atoms with van der Waals surface area (Å²) in [5.41, 5.74) is 0.634. The predicted octanol–water partition coefficient (Wildman–Crippen LogP) is 1.20. The molecular weight excluding hydrogens is 268 g/mol. The van der Waals surface area contributed by atoms with Gasteiger partial charge in [0.2, 0.25) is 0 Å². The first-order valence-electron chi connectivity index (χ1n) is 5.78. The van der Waals surface area contributed by atoms with Crippen LogP contribution in [0.1, 0.15) is 28.4 Å². The third kappa shape index (κ3) is 3.86. The van der Waals surface area contributed by atoms with Crippen molar-refractivity contribution in [2.75, 3.05) is 20.0 Å². The quantitative estimate of drug-likeness (QED) is 0.541. The van der Waals surface area contributed by atoms with Crippen LogP contribution >= 0.6 is 12.6 Å². The lowest BCUT2D eigenvalue weighted by Crippen LogP contribution is -2.20. The van der Waals surface area contributed by atoms with Crippen molar-refractivity contribution in [1.29, 1.82) is 0 Å². The Hall–Kier alpha value is -1.24. The Morgan fingerprint density at radius 3 is 2.58 bits per heavy atom. The largest absolute Gasteiger partial charge is 0.496 e. The molecule has 6 heteroatoms. The molecule has 0 bridgehead atoms. The standard InChI is InChI=1S/C13H18O5S/c1-17-11-4-3-8(13(16)18-2)7-9(11)12(15)10(14)5-6-19/h3-4,7,10,12,14-15,19H,5-6H2,1-2H3. The van der Waals surface area contributed by atoms with Crippen LogP contribution in [0.2, 0.25) is 0 Å². The summed E-state index contributed by atoms with van der Waals surface area (Å²) in [7, 11) is 2.73. The topological polar surface area (TPSA) is 76.0 Å². The van der Waals surface area contributed by atoms with E-state index in [1.165, 1.54) is 26.4 Å². The lowest BCUT2D eigenvalue weighted by atomic mass is 9.99. The van der Waals surface area contributed by atoms with Crippen molar-refractivity contribution < 1.29 is 24.5 Å². The summed E-state index contributed by atoms with van der Waals surface area (Å²) in [5.74, 6) is 0.329. The minimum Gasteiger partial charge on any atom is -0.496 e. The number of carbonyl (C=O) groups excluding carboxylic acids is 1. The molecule has 0 amide bonds. The van der Waals surface area contributed by atoms with Crippen molar-refractivity contribution in [2.45, 2.75) is 18.6 Å².